The van der Waals surface area contributed by atoms with Crippen LogP contribution in [0, 0.1) is 5.82 Å². The van der Waals surface area contributed by atoms with Crippen LogP contribution in [0.2, 0.25) is 0 Å². The molecule has 1 saturated carbocycles. The van der Waals surface area contributed by atoms with Crippen LogP contribution in [0.25, 0.3) is 11.2 Å². The van der Waals surface area contributed by atoms with Crippen molar-refractivity contribution in [2.24, 2.45) is 0 Å². The van der Waals surface area contributed by atoms with E-state index in [1.807, 2.05) is 0 Å². The van der Waals surface area contributed by atoms with E-state index < -0.39 is 43.8 Å². The fourth-order valence-corrected chi connectivity index (χ4v) is 5.58. The fourth-order valence-electron chi connectivity index (χ4n) is 4.53. The van der Waals surface area contributed by atoms with E-state index in [1.165, 1.54) is 25.6 Å². The molecule has 17 heteroatoms. The maximum atomic E-state index is 14.2. The van der Waals surface area contributed by atoms with Crippen molar-refractivity contribution in [1.29, 1.82) is 0 Å². The highest BCUT2D eigenvalue weighted by Crippen LogP contribution is 2.46. The Morgan fingerprint density at radius 1 is 1.24 bits per heavy atom. The molecule has 0 aliphatic heterocycles. The summed E-state index contributed by atoms with van der Waals surface area (Å²) >= 11 is 0. The number of aromatic nitrogens is 4. The molecule has 1 aliphatic carbocycles. The first-order valence-corrected chi connectivity index (χ1v) is 14.1. The Kier molecular flexibility index (Phi) is 8.96. The zero-order valence-electron chi connectivity index (χ0n) is 22.3. The highest BCUT2D eigenvalue weighted by molar-refractivity contribution is 7.46. The van der Waals surface area contributed by atoms with Gasteiger partial charge < -0.3 is 37.7 Å². The first-order chi connectivity index (χ1) is 20.1. The van der Waals surface area contributed by atoms with Gasteiger partial charge in [-0.3, -0.25) is 9.78 Å². The lowest BCUT2D eigenvalue weighted by atomic mass is 10.0. The standard InChI is InChI=1S/C25H27F3N5O8P/c1-36-17-3-2-14(8-16(17)26)10-38-42(13-37-7-6-33-12-30-19-21(33)31-23(29)32-22(19)34)39-11-18-20(41-24(35)40-18)15-4-5-25(27,28)9-15/h2-3,8,12,15H,4-7,9-11,13H2,1H3,(H3,29,31,32,34). The number of nitrogens with one attached hydrogen (secondary N) is 1. The van der Waals surface area contributed by atoms with E-state index in [0.29, 0.717) is 5.56 Å². The van der Waals surface area contributed by atoms with Crippen LogP contribution in [0.1, 0.15) is 42.3 Å². The molecule has 3 aromatic heterocycles. The second kappa shape index (κ2) is 12.7. The molecule has 0 amide bonds. The minimum atomic E-state index is -2.86. The third-order valence-corrected chi connectivity index (χ3v) is 7.77. The number of halogens is 3. The van der Waals surface area contributed by atoms with Gasteiger partial charge in [-0.15, -0.1) is 0 Å². The topological polar surface area (TPSA) is 170 Å². The summed E-state index contributed by atoms with van der Waals surface area (Å²) in [5.41, 5.74) is 6.07. The van der Waals surface area contributed by atoms with Crippen molar-refractivity contribution in [3.8, 4) is 5.75 Å². The summed E-state index contributed by atoms with van der Waals surface area (Å²) in [6, 6.07) is 4.33. The van der Waals surface area contributed by atoms with Gasteiger partial charge in [-0.25, -0.2) is 22.9 Å². The molecule has 1 aromatic carbocycles. The lowest BCUT2D eigenvalue weighted by molar-refractivity contribution is 0.00710. The van der Waals surface area contributed by atoms with Crippen LogP contribution in [0.5, 0.6) is 5.75 Å². The summed E-state index contributed by atoms with van der Waals surface area (Å²) in [7, 11) is -0.469. The molecule has 3 heterocycles. The fraction of sp³-hybridized carbons (Fsp3) is 0.440. The van der Waals surface area contributed by atoms with Gasteiger partial charge in [-0.05, 0) is 24.1 Å². The van der Waals surface area contributed by atoms with E-state index in [-0.39, 0.29) is 79.9 Å². The number of nitrogens with zero attached hydrogens (tertiary/aromatic N) is 3. The molecular formula is C25H27F3N5O8P. The van der Waals surface area contributed by atoms with Crippen molar-refractivity contribution in [3.05, 3.63) is 68.4 Å². The zero-order valence-corrected chi connectivity index (χ0v) is 23.2. The number of ether oxygens (including phenoxy) is 2. The van der Waals surface area contributed by atoms with E-state index in [9.17, 15) is 22.8 Å². The van der Waals surface area contributed by atoms with E-state index in [0.717, 1.165) is 0 Å². The number of alkyl halides is 2. The minimum absolute atomic E-state index is 0.00642. The SMILES string of the molecule is COc1ccc(COP(COCCn2cnc3c(=O)[nH]c(N)nc32)OCc2oc(=O)oc2C2CCC(F)(F)C2)cc1F. The number of hydrogen-bond donors (Lipinski definition) is 2. The van der Waals surface area contributed by atoms with E-state index in [1.54, 1.807) is 10.6 Å². The quantitative estimate of drug-likeness (QED) is 0.165. The van der Waals surface area contributed by atoms with Crippen LogP contribution >= 0.6 is 8.38 Å². The van der Waals surface area contributed by atoms with Crippen LogP contribution in [-0.4, -0.2) is 45.5 Å². The van der Waals surface area contributed by atoms with Gasteiger partial charge in [0.1, 0.15) is 13.0 Å². The summed E-state index contributed by atoms with van der Waals surface area (Å²) in [5.74, 6) is -5.09. The van der Waals surface area contributed by atoms with Crippen molar-refractivity contribution in [1.82, 2.24) is 19.5 Å². The molecule has 42 heavy (non-hydrogen) atoms. The molecule has 1 fully saturated rings. The van der Waals surface area contributed by atoms with Crippen molar-refractivity contribution < 1.29 is 40.5 Å². The summed E-state index contributed by atoms with van der Waals surface area (Å²) in [5, 5.41) is 0. The average molecular weight is 613 g/mol. The van der Waals surface area contributed by atoms with E-state index >= 15 is 0 Å². The Hall–Kier alpha value is -3.72. The molecule has 4 aromatic rings. The number of methoxy groups -OCH3 is 1. The largest absolute Gasteiger partial charge is 0.519 e. The molecular weight excluding hydrogens is 586 g/mol. The van der Waals surface area contributed by atoms with Crippen LogP contribution in [0.3, 0.4) is 0 Å². The van der Waals surface area contributed by atoms with Crippen LogP contribution in [-0.2, 0) is 33.5 Å². The lowest BCUT2D eigenvalue weighted by Crippen LogP contribution is -2.13. The van der Waals surface area contributed by atoms with Crippen LogP contribution < -0.4 is 21.9 Å². The van der Waals surface area contributed by atoms with Crippen molar-refractivity contribution >= 4 is 25.5 Å². The molecule has 0 radical (unpaired) electrons. The molecule has 1 aliphatic rings. The smallest absolute Gasteiger partial charge is 0.494 e. The maximum absolute atomic E-state index is 14.2. The minimum Gasteiger partial charge on any atom is -0.494 e. The number of aromatic amines is 1. The van der Waals surface area contributed by atoms with Gasteiger partial charge >= 0.3 is 5.82 Å². The van der Waals surface area contributed by atoms with Gasteiger partial charge in [-0.1, -0.05) is 6.07 Å². The lowest BCUT2D eigenvalue weighted by Gasteiger charge is -2.18. The number of imidazole rings is 1. The Balaban J connectivity index is 1.24. The predicted octanol–water partition coefficient (Wildman–Crippen LogP) is 4.02. The molecule has 5 rings (SSSR count). The summed E-state index contributed by atoms with van der Waals surface area (Å²) in [6.45, 7) is 0.0418. The van der Waals surface area contributed by atoms with Crippen LogP contribution in [0.15, 0.2) is 42.9 Å². The van der Waals surface area contributed by atoms with E-state index in [4.69, 9.17) is 33.1 Å². The molecule has 13 nitrogen and oxygen atoms in total. The Labute approximate surface area is 236 Å². The molecule has 2 unspecified atom stereocenters. The first-order valence-electron chi connectivity index (χ1n) is 12.8. The van der Waals surface area contributed by atoms with Gasteiger partial charge in [0, 0.05) is 25.3 Å². The number of benzene rings is 1. The zero-order chi connectivity index (χ0) is 29.9. The highest BCUT2D eigenvalue weighted by Gasteiger charge is 2.43. The number of nitrogen functional groups attached to an aromatic ring is 1. The van der Waals surface area contributed by atoms with Crippen molar-refractivity contribution in [3.63, 3.8) is 0 Å². The second-order valence-electron chi connectivity index (χ2n) is 9.48. The van der Waals surface area contributed by atoms with Gasteiger partial charge in [-0.2, -0.15) is 4.98 Å². The number of rotatable bonds is 13. The Morgan fingerprint density at radius 2 is 2.05 bits per heavy atom. The molecule has 0 bridgehead atoms. The molecule has 0 spiro atoms. The monoisotopic (exact) mass is 613 g/mol. The summed E-state index contributed by atoms with van der Waals surface area (Å²) in [4.78, 5) is 34.3. The third kappa shape index (κ3) is 7.01. The highest BCUT2D eigenvalue weighted by atomic mass is 31.2. The van der Waals surface area contributed by atoms with Crippen molar-refractivity contribution in [2.75, 3.05) is 25.8 Å². The molecule has 2 atom stereocenters. The number of hydrogen-bond acceptors (Lipinski definition) is 11. The van der Waals surface area contributed by atoms with Gasteiger partial charge in [0.2, 0.25) is 11.9 Å². The Bertz CT molecular complexity index is 1650. The van der Waals surface area contributed by atoms with Gasteiger partial charge in [0.25, 0.3) is 5.56 Å². The molecule has 3 N–H and O–H groups in total. The van der Waals surface area contributed by atoms with Gasteiger partial charge in [0.05, 0.1) is 26.7 Å². The van der Waals surface area contributed by atoms with Gasteiger partial charge in [0.15, 0.2) is 42.6 Å². The van der Waals surface area contributed by atoms with Crippen LogP contribution in [0.4, 0.5) is 19.1 Å². The normalized spacial score (nSPS) is 17.2. The molecule has 226 valence electrons. The first kappa shape index (κ1) is 29.8. The van der Waals surface area contributed by atoms with Crippen molar-refractivity contribution in [2.45, 2.75) is 50.9 Å². The maximum Gasteiger partial charge on any atom is 0.519 e. The number of anilines is 1. The average Bonchev–Trinajstić information content (AvgIpc) is 3.63. The summed E-state index contributed by atoms with van der Waals surface area (Å²) < 4.78 is 75.9. The molecule has 0 saturated heterocycles. The number of fused-ring (bicyclic) bond motifs is 1. The number of H-pyrrole nitrogens is 1. The predicted molar refractivity (Wildman–Crippen MR) is 142 cm³/mol. The van der Waals surface area contributed by atoms with E-state index in [2.05, 4.69) is 15.0 Å². The number of nitrogens with two attached hydrogens (primary N) is 1. The third-order valence-electron chi connectivity index (χ3n) is 6.55. The Morgan fingerprint density at radius 3 is 2.79 bits per heavy atom. The second-order valence-corrected chi connectivity index (χ2v) is 10.9. The summed E-state index contributed by atoms with van der Waals surface area (Å²) in [6.07, 6.45) is 0.719.